The number of carbonyl (C=O) groups excluding carboxylic acids is 1. The highest BCUT2D eigenvalue weighted by atomic mass is 16.2. The summed E-state index contributed by atoms with van der Waals surface area (Å²) in [5.41, 5.74) is 1.73. The number of amides is 1. The zero-order valence-electron chi connectivity index (χ0n) is 10.4. The maximum atomic E-state index is 12.2. The molecule has 1 aromatic carbocycles. The number of benzene rings is 1. The summed E-state index contributed by atoms with van der Waals surface area (Å²) < 4.78 is 0. The number of pyridine rings is 1. The number of anilines is 1. The minimum Gasteiger partial charge on any atom is -0.312 e. The van der Waals surface area contributed by atoms with Crippen LogP contribution in [0.25, 0.3) is 0 Å². The fraction of sp³-hybridized carbons (Fsp3) is 0.200. The summed E-state index contributed by atoms with van der Waals surface area (Å²) in [4.78, 5) is 18.2. The molecule has 0 radical (unpaired) electrons. The van der Waals surface area contributed by atoms with Gasteiger partial charge in [0.1, 0.15) is 0 Å². The summed E-state index contributed by atoms with van der Waals surface area (Å²) in [6.45, 7) is 2.64. The number of likely N-dealkylation sites (N-methyl/N-ethyl adjacent to an activating group) is 1. The second kappa shape index (κ2) is 5.96. The third kappa shape index (κ3) is 2.94. The van der Waals surface area contributed by atoms with Crippen LogP contribution in [0.2, 0.25) is 0 Å². The molecule has 0 N–H and O–H groups in total. The molecule has 0 spiro atoms. The van der Waals surface area contributed by atoms with Gasteiger partial charge < -0.3 is 4.90 Å². The van der Waals surface area contributed by atoms with Crippen LogP contribution in [0, 0.1) is 0 Å². The smallest absolute Gasteiger partial charge is 0.232 e. The van der Waals surface area contributed by atoms with E-state index in [1.54, 1.807) is 11.1 Å². The van der Waals surface area contributed by atoms with Gasteiger partial charge in [0.2, 0.25) is 5.91 Å². The Balaban J connectivity index is 2.12. The highest BCUT2D eigenvalue weighted by Crippen LogP contribution is 2.14. The molecule has 3 nitrogen and oxygen atoms in total. The monoisotopic (exact) mass is 240 g/mol. The second-order valence-corrected chi connectivity index (χ2v) is 3.97. The van der Waals surface area contributed by atoms with E-state index in [4.69, 9.17) is 0 Å². The van der Waals surface area contributed by atoms with Crippen molar-refractivity contribution in [1.29, 1.82) is 0 Å². The van der Waals surface area contributed by atoms with Crippen molar-refractivity contribution in [2.75, 3.05) is 11.4 Å². The van der Waals surface area contributed by atoms with Crippen molar-refractivity contribution >= 4 is 11.6 Å². The highest BCUT2D eigenvalue weighted by Gasteiger charge is 2.14. The largest absolute Gasteiger partial charge is 0.312 e. The summed E-state index contributed by atoms with van der Waals surface area (Å²) in [5, 5.41) is 0. The van der Waals surface area contributed by atoms with Crippen LogP contribution < -0.4 is 4.90 Å². The summed E-state index contributed by atoms with van der Waals surface area (Å²) in [5.74, 6) is 0.0717. The van der Waals surface area contributed by atoms with E-state index in [-0.39, 0.29) is 5.91 Å². The topological polar surface area (TPSA) is 33.2 Å². The number of para-hydroxylation sites is 1. The third-order valence-corrected chi connectivity index (χ3v) is 2.74. The molecule has 18 heavy (non-hydrogen) atoms. The first-order chi connectivity index (χ1) is 8.81. The van der Waals surface area contributed by atoms with E-state index in [1.165, 1.54) is 0 Å². The Kier molecular flexibility index (Phi) is 4.07. The van der Waals surface area contributed by atoms with Crippen LogP contribution in [0.15, 0.2) is 54.7 Å². The summed E-state index contributed by atoms with van der Waals surface area (Å²) in [7, 11) is 0. The van der Waals surface area contributed by atoms with Crippen molar-refractivity contribution in [3.05, 3.63) is 60.4 Å². The average Bonchev–Trinajstić information content (AvgIpc) is 2.42. The van der Waals surface area contributed by atoms with Crippen LogP contribution in [0.1, 0.15) is 12.6 Å². The zero-order valence-corrected chi connectivity index (χ0v) is 10.4. The van der Waals surface area contributed by atoms with E-state index in [2.05, 4.69) is 4.98 Å². The van der Waals surface area contributed by atoms with Gasteiger partial charge in [-0.3, -0.25) is 9.78 Å². The van der Waals surface area contributed by atoms with Crippen molar-refractivity contribution < 1.29 is 4.79 Å². The number of rotatable bonds is 4. The van der Waals surface area contributed by atoms with E-state index in [0.29, 0.717) is 13.0 Å². The van der Waals surface area contributed by atoms with E-state index in [1.807, 2.05) is 55.5 Å². The number of hydrogen-bond donors (Lipinski definition) is 0. The molecule has 92 valence electrons. The molecule has 0 bridgehead atoms. The normalized spacial score (nSPS) is 10.1. The lowest BCUT2D eigenvalue weighted by Gasteiger charge is -2.20. The summed E-state index contributed by atoms with van der Waals surface area (Å²) in [6, 6.07) is 15.3. The zero-order chi connectivity index (χ0) is 12.8. The number of hydrogen-bond acceptors (Lipinski definition) is 2. The number of carbonyl (C=O) groups is 1. The molecular weight excluding hydrogens is 224 g/mol. The van der Waals surface area contributed by atoms with Crippen molar-refractivity contribution in [3.8, 4) is 0 Å². The molecule has 3 heteroatoms. The van der Waals surface area contributed by atoms with Crippen LogP contribution in [0.4, 0.5) is 5.69 Å². The Morgan fingerprint density at radius 3 is 2.44 bits per heavy atom. The fourth-order valence-electron chi connectivity index (χ4n) is 1.86. The van der Waals surface area contributed by atoms with E-state index >= 15 is 0 Å². The van der Waals surface area contributed by atoms with Gasteiger partial charge in [0.05, 0.1) is 6.42 Å². The van der Waals surface area contributed by atoms with Gasteiger partial charge in [-0.05, 0) is 31.2 Å². The van der Waals surface area contributed by atoms with E-state index < -0.39 is 0 Å². The van der Waals surface area contributed by atoms with Gasteiger partial charge in [0.15, 0.2) is 0 Å². The Morgan fingerprint density at radius 2 is 1.83 bits per heavy atom. The average molecular weight is 240 g/mol. The van der Waals surface area contributed by atoms with Gasteiger partial charge >= 0.3 is 0 Å². The molecule has 0 fully saturated rings. The standard InChI is InChI=1S/C15H16N2O/c1-2-17(14-9-4-3-5-10-14)15(18)12-13-8-6-7-11-16-13/h3-11H,2,12H2,1H3. The van der Waals surface area contributed by atoms with Crippen molar-refractivity contribution in [2.45, 2.75) is 13.3 Å². The SMILES string of the molecule is CCN(C(=O)Cc1ccccn1)c1ccccc1. The molecule has 0 atom stereocenters. The van der Waals surface area contributed by atoms with Crippen LogP contribution in [-0.4, -0.2) is 17.4 Å². The molecule has 1 heterocycles. The first-order valence-electron chi connectivity index (χ1n) is 6.06. The van der Waals surface area contributed by atoms with Gasteiger partial charge in [-0.15, -0.1) is 0 Å². The molecule has 0 unspecified atom stereocenters. The Labute approximate surface area is 107 Å². The quantitative estimate of drug-likeness (QED) is 0.823. The number of nitrogens with zero attached hydrogens (tertiary/aromatic N) is 2. The molecule has 1 aromatic heterocycles. The summed E-state index contributed by atoms with van der Waals surface area (Å²) in [6.07, 6.45) is 2.05. The number of aromatic nitrogens is 1. The highest BCUT2D eigenvalue weighted by molar-refractivity contribution is 5.94. The molecule has 0 saturated carbocycles. The summed E-state index contributed by atoms with van der Waals surface area (Å²) >= 11 is 0. The lowest BCUT2D eigenvalue weighted by atomic mass is 10.2. The van der Waals surface area contributed by atoms with Gasteiger partial charge in [-0.25, -0.2) is 0 Å². The first-order valence-corrected chi connectivity index (χ1v) is 6.06. The first kappa shape index (κ1) is 12.3. The fourth-order valence-corrected chi connectivity index (χ4v) is 1.86. The van der Waals surface area contributed by atoms with Crippen molar-refractivity contribution in [2.24, 2.45) is 0 Å². The van der Waals surface area contributed by atoms with Gasteiger partial charge in [0, 0.05) is 24.1 Å². The Hall–Kier alpha value is -2.16. The molecule has 2 rings (SSSR count). The van der Waals surface area contributed by atoms with Crippen LogP contribution in [0.5, 0.6) is 0 Å². The minimum atomic E-state index is 0.0717. The van der Waals surface area contributed by atoms with Crippen molar-refractivity contribution in [3.63, 3.8) is 0 Å². The Morgan fingerprint density at radius 1 is 1.11 bits per heavy atom. The molecule has 1 amide bonds. The lowest BCUT2D eigenvalue weighted by molar-refractivity contribution is -0.118. The van der Waals surface area contributed by atoms with Crippen LogP contribution in [-0.2, 0) is 11.2 Å². The van der Waals surface area contributed by atoms with Crippen LogP contribution >= 0.6 is 0 Å². The maximum absolute atomic E-state index is 12.2. The van der Waals surface area contributed by atoms with Crippen molar-refractivity contribution in [1.82, 2.24) is 4.98 Å². The molecule has 2 aromatic rings. The Bertz CT molecular complexity index is 496. The molecular formula is C15H16N2O. The molecule has 0 aliphatic carbocycles. The lowest BCUT2D eigenvalue weighted by Crippen LogP contribution is -2.32. The van der Waals surface area contributed by atoms with Gasteiger partial charge in [-0.1, -0.05) is 24.3 Å². The van der Waals surface area contributed by atoms with E-state index in [9.17, 15) is 4.79 Å². The minimum absolute atomic E-state index is 0.0717. The third-order valence-electron chi connectivity index (χ3n) is 2.74. The van der Waals surface area contributed by atoms with E-state index in [0.717, 1.165) is 11.4 Å². The van der Waals surface area contributed by atoms with Crippen LogP contribution in [0.3, 0.4) is 0 Å². The molecule has 0 aliphatic heterocycles. The molecule has 0 saturated heterocycles. The predicted molar refractivity (Wildman–Crippen MR) is 72.4 cm³/mol. The molecule has 0 aliphatic rings. The maximum Gasteiger partial charge on any atom is 0.232 e. The second-order valence-electron chi connectivity index (χ2n) is 3.97. The predicted octanol–water partition coefficient (Wildman–Crippen LogP) is 2.68. The van der Waals surface area contributed by atoms with Gasteiger partial charge in [0.25, 0.3) is 0 Å². The van der Waals surface area contributed by atoms with Gasteiger partial charge in [-0.2, -0.15) is 0 Å².